The molecule has 3 rings (SSSR count). The monoisotopic (exact) mass is 544 g/mol. The summed E-state index contributed by atoms with van der Waals surface area (Å²) in [5.41, 5.74) is 1.12. The number of aryl methyl sites for hydroxylation is 1. The van der Waals surface area contributed by atoms with Crippen LogP contribution >= 0.6 is 24.0 Å². The minimum Gasteiger partial charge on any atom is -0.382 e. The average Bonchev–Trinajstić information content (AvgIpc) is 3.37. The van der Waals surface area contributed by atoms with Gasteiger partial charge in [0.15, 0.2) is 11.6 Å². The van der Waals surface area contributed by atoms with Crippen LogP contribution in [0.1, 0.15) is 46.0 Å². The molecule has 2 heterocycles. The van der Waals surface area contributed by atoms with Crippen LogP contribution in [0.3, 0.4) is 0 Å². The largest absolute Gasteiger partial charge is 0.382 e. The average molecular weight is 544 g/mol. The number of guanidine groups is 1. The van der Waals surface area contributed by atoms with Crippen molar-refractivity contribution in [2.75, 3.05) is 44.7 Å². The number of hydrogen-bond donors (Lipinski definition) is 3. The Kier molecular flexibility index (Phi) is 10.7. The van der Waals surface area contributed by atoms with Gasteiger partial charge in [0.1, 0.15) is 12.1 Å². The summed E-state index contributed by atoms with van der Waals surface area (Å²) in [6.45, 7) is 8.93. The van der Waals surface area contributed by atoms with Crippen molar-refractivity contribution in [1.82, 2.24) is 30.4 Å². The predicted molar refractivity (Wildman–Crippen MR) is 136 cm³/mol. The second kappa shape index (κ2) is 13.0. The van der Waals surface area contributed by atoms with E-state index >= 15 is 0 Å². The van der Waals surface area contributed by atoms with Crippen LogP contribution in [-0.4, -0.2) is 65.1 Å². The zero-order chi connectivity index (χ0) is 21.2. The van der Waals surface area contributed by atoms with Gasteiger partial charge in [0.05, 0.1) is 11.6 Å². The van der Waals surface area contributed by atoms with Crippen LogP contribution < -0.4 is 16.0 Å². The van der Waals surface area contributed by atoms with E-state index in [4.69, 9.17) is 9.73 Å². The number of fused-ring (bicyclic) bond motifs is 1. The third kappa shape index (κ3) is 7.16. The third-order valence-electron chi connectivity index (χ3n) is 5.80. The molecule has 2 aromatic heterocycles. The van der Waals surface area contributed by atoms with Gasteiger partial charge in [-0.3, -0.25) is 9.67 Å². The van der Waals surface area contributed by atoms with Crippen molar-refractivity contribution >= 4 is 46.8 Å². The van der Waals surface area contributed by atoms with Gasteiger partial charge in [-0.25, -0.2) is 9.97 Å². The first kappa shape index (κ1) is 25.6. The zero-order valence-corrected chi connectivity index (χ0v) is 21.3. The summed E-state index contributed by atoms with van der Waals surface area (Å²) in [5, 5.41) is 15.3. The number of nitrogens with one attached hydrogen (secondary N) is 3. The molecular weight excluding hydrogens is 507 g/mol. The van der Waals surface area contributed by atoms with Crippen LogP contribution in [0, 0.1) is 5.41 Å². The number of anilines is 1. The summed E-state index contributed by atoms with van der Waals surface area (Å²) >= 11 is 0. The maximum absolute atomic E-state index is 5.62. The summed E-state index contributed by atoms with van der Waals surface area (Å²) in [5.74, 6) is 1.67. The van der Waals surface area contributed by atoms with Gasteiger partial charge in [-0.1, -0.05) is 12.8 Å². The molecule has 0 spiro atoms. The van der Waals surface area contributed by atoms with Crippen LogP contribution in [-0.2, 0) is 11.8 Å². The smallest absolute Gasteiger partial charge is 0.191 e. The molecule has 0 bridgehead atoms. The molecule has 2 aromatic rings. The van der Waals surface area contributed by atoms with Crippen LogP contribution in [0.25, 0.3) is 11.0 Å². The summed E-state index contributed by atoms with van der Waals surface area (Å²) in [6, 6.07) is 0. The maximum Gasteiger partial charge on any atom is 0.191 e. The van der Waals surface area contributed by atoms with Crippen LogP contribution in [0.2, 0.25) is 0 Å². The lowest BCUT2D eigenvalue weighted by molar-refractivity contribution is 0.107. The first-order chi connectivity index (χ1) is 14.7. The van der Waals surface area contributed by atoms with Crippen LogP contribution in [0.5, 0.6) is 0 Å². The van der Waals surface area contributed by atoms with E-state index < -0.39 is 0 Å². The fourth-order valence-corrected chi connectivity index (χ4v) is 4.10. The van der Waals surface area contributed by atoms with Gasteiger partial charge < -0.3 is 20.7 Å². The van der Waals surface area contributed by atoms with Crippen molar-refractivity contribution in [1.29, 1.82) is 0 Å². The van der Waals surface area contributed by atoms with Gasteiger partial charge >= 0.3 is 0 Å². The Morgan fingerprint density at radius 2 is 2.00 bits per heavy atom. The highest BCUT2D eigenvalue weighted by atomic mass is 127. The van der Waals surface area contributed by atoms with Gasteiger partial charge in [0, 0.05) is 46.4 Å². The molecule has 1 aliphatic rings. The Labute approximate surface area is 202 Å². The van der Waals surface area contributed by atoms with Crippen molar-refractivity contribution in [3.63, 3.8) is 0 Å². The van der Waals surface area contributed by atoms with Crippen molar-refractivity contribution in [2.45, 2.75) is 46.0 Å². The molecule has 0 unspecified atom stereocenters. The molecule has 0 saturated heterocycles. The van der Waals surface area contributed by atoms with Crippen LogP contribution in [0.4, 0.5) is 5.82 Å². The fourth-order valence-electron chi connectivity index (χ4n) is 4.10. The van der Waals surface area contributed by atoms with Crippen molar-refractivity contribution in [2.24, 2.45) is 17.5 Å². The molecule has 1 fully saturated rings. The van der Waals surface area contributed by atoms with Gasteiger partial charge in [0.25, 0.3) is 0 Å². The Hall–Kier alpha value is -1.69. The molecule has 0 aromatic carbocycles. The Morgan fingerprint density at radius 1 is 1.19 bits per heavy atom. The number of nitrogens with zero attached hydrogens (tertiary/aromatic N) is 5. The minimum absolute atomic E-state index is 0. The molecule has 10 heteroatoms. The van der Waals surface area contributed by atoms with Crippen LogP contribution in [0.15, 0.2) is 17.5 Å². The minimum atomic E-state index is 0. The lowest BCUT2D eigenvalue weighted by atomic mass is 9.83. The quantitative estimate of drug-likeness (QED) is 0.173. The Balaban J connectivity index is 0.00000341. The fraction of sp³-hybridized carbons (Fsp3) is 0.714. The highest BCUT2D eigenvalue weighted by Crippen LogP contribution is 2.41. The van der Waals surface area contributed by atoms with E-state index in [0.29, 0.717) is 5.41 Å². The van der Waals surface area contributed by atoms with Gasteiger partial charge in [0.2, 0.25) is 0 Å². The number of aromatic nitrogens is 4. The molecule has 0 amide bonds. The van der Waals surface area contributed by atoms with E-state index in [1.54, 1.807) is 17.2 Å². The summed E-state index contributed by atoms with van der Waals surface area (Å²) in [6.07, 6.45) is 9.56. The van der Waals surface area contributed by atoms with Gasteiger partial charge in [-0.15, -0.1) is 24.0 Å². The van der Waals surface area contributed by atoms with Gasteiger partial charge in [-0.05, 0) is 38.5 Å². The maximum atomic E-state index is 5.62. The molecule has 1 aliphatic carbocycles. The Morgan fingerprint density at radius 3 is 2.74 bits per heavy atom. The van der Waals surface area contributed by atoms with E-state index in [1.807, 2.05) is 7.05 Å². The first-order valence-corrected chi connectivity index (χ1v) is 11.1. The molecular formula is C21H37IN8O. The van der Waals surface area contributed by atoms with Crippen molar-refractivity contribution in [3.05, 3.63) is 12.5 Å². The molecule has 0 aliphatic heterocycles. The summed E-state index contributed by atoms with van der Waals surface area (Å²) in [7, 11) is 1.88. The van der Waals surface area contributed by atoms with Gasteiger partial charge in [-0.2, -0.15) is 5.10 Å². The van der Waals surface area contributed by atoms with Crippen molar-refractivity contribution in [3.8, 4) is 0 Å². The number of aliphatic imine (C=N–C) groups is 1. The highest BCUT2D eigenvalue weighted by Gasteiger charge is 2.33. The summed E-state index contributed by atoms with van der Waals surface area (Å²) in [4.78, 5) is 13.5. The predicted octanol–water partition coefficient (Wildman–Crippen LogP) is 2.94. The molecule has 3 N–H and O–H groups in total. The van der Waals surface area contributed by atoms with E-state index in [1.165, 1.54) is 25.7 Å². The standard InChI is InChI=1S/C21H36N8O.HI/c1-4-22-20(25-15-21(8-6-7-9-21)10-13-30-5-2)24-12-11-23-18-17-14-28-29(3)19(17)27-16-26-18;/h14,16H,4-13,15H2,1-3H3,(H2,22,24,25)(H,23,26,27);1H. The second-order valence-corrected chi connectivity index (χ2v) is 7.93. The number of halogens is 1. The number of hydrogen-bond acceptors (Lipinski definition) is 6. The first-order valence-electron chi connectivity index (χ1n) is 11.1. The zero-order valence-electron chi connectivity index (χ0n) is 19.0. The molecule has 1 saturated carbocycles. The lowest BCUT2D eigenvalue weighted by Crippen LogP contribution is -2.40. The molecule has 31 heavy (non-hydrogen) atoms. The molecule has 9 nitrogen and oxygen atoms in total. The highest BCUT2D eigenvalue weighted by molar-refractivity contribution is 14.0. The molecule has 174 valence electrons. The van der Waals surface area contributed by atoms with E-state index in [0.717, 1.165) is 68.6 Å². The van der Waals surface area contributed by atoms with E-state index in [9.17, 15) is 0 Å². The van der Waals surface area contributed by atoms with E-state index in [-0.39, 0.29) is 24.0 Å². The van der Waals surface area contributed by atoms with E-state index in [2.05, 4.69) is 44.9 Å². The lowest BCUT2D eigenvalue weighted by Gasteiger charge is -2.27. The van der Waals surface area contributed by atoms with Crippen molar-refractivity contribution < 1.29 is 4.74 Å². The summed E-state index contributed by atoms with van der Waals surface area (Å²) < 4.78 is 7.37. The number of ether oxygens (including phenoxy) is 1. The topological polar surface area (TPSA) is 101 Å². The third-order valence-corrected chi connectivity index (χ3v) is 5.80. The number of rotatable bonds is 11. The normalized spacial score (nSPS) is 15.6. The molecule has 0 atom stereocenters. The Bertz CT molecular complexity index is 819. The second-order valence-electron chi connectivity index (χ2n) is 7.93. The molecule has 0 radical (unpaired) electrons. The SMILES string of the molecule is CCNC(=NCC1(CCOCC)CCCC1)NCCNc1ncnc2c1cnn2C.I.